The van der Waals surface area contributed by atoms with Gasteiger partial charge in [-0.2, -0.15) is 0 Å². The lowest BCUT2D eigenvalue weighted by molar-refractivity contribution is 0.0642. The summed E-state index contributed by atoms with van der Waals surface area (Å²) in [7, 11) is 0. The van der Waals surface area contributed by atoms with Gasteiger partial charge in [0.05, 0.1) is 0 Å². The summed E-state index contributed by atoms with van der Waals surface area (Å²) in [5.74, 6) is -0.703. The Morgan fingerprint density at radius 1 is 0.750 bits per heavy atom. The van der Waals surface area contributed by atoms with E-state index in [2.05, 4.69) is 18.7 Å². The van der Waals surface area contributed by atoms with Crippen molar-refractivity contribution in [2.45, 2.75) is 26.7 Å². The number of hydrogen-bond acceptors (Lipinski definition) is 4. The standard InChI is InChI=1S/C28H27NO3/c1-3-29(4-2)22-16-14-20(15-17-22)18-28(19-25(30)21-10-6-5-7-11-21)26(31)23-12-8-9-13-24(23)27(28)32/h5-17H,3-4,18-19H2,1-2H3. The van der Waals surface area contributed by atoms with Gasteiger partial charge in [0.15, 0.2) is 17.3 Å². The van der Waals surface area contributed by atoms with Gasteiger partial charge in [-0.25, -0.2) is 0 Å². The van der Waals surface area contributed by atoms with Crippen LogP contribution in [0.4, 0.5) is 5.69 Å². The van der Waals surface area contributed by atoms with E-state index in [1.165, 1.54) is 0 Å². The van der Waals surface area contributed by atoms with Gasteiger partial charge >= 0.3 is 0 Å². The highest BCUT2D eigenvalue weighted by Crippen LogP contribution is 2.43. The monoisotopic (exact) mass is 425 g/mol. The van der Waals surface area contributed by atoms with Crippen molar-refractivity contribution in [3.63, 3.8) is 0 Å². The molecule has 1 aliphatic carbocycles. The van der Waals surface area contributed by atoms with Crippen molar-refractivity contribution in [1.82, 2.24) is 0 Å². The zero-order chi connectivity index (χ0) is 22.7. The van der Waals surface area contributed by atoms with Crippen molar-refractivity contribution < 1.29 is 14.4 Å². The summed E-state index contributed by atoms with van der Waals surface area (Å²) < 4.78 is 0. The molecule has 0 saturated heterocycles. The molecule has 0 aliphatic heterocycles. The molecule has 0 unspecified atom stereocenters. The lowest BCUT2D eigenvalue weighted by Crippen LogP contribution is -2.38. The maximum absolute atomic E-state index is 13.6. The number of nitrogens with zero attached hydrogens (tertiary/aromatic N) is 1. The predicted molar refractivity (Wildman–Crippen MR) is 127 cm³/mol. The van der Waals surface area contributed by atoms with Gasteiger partial charge in [0, 0.05) is 41.9 Å². The lowest BCUT2D eigenvalue weighted by atomic mass is 9.72. The third kappa shape index (κ3) is 3.77. The number of rotatable bonds is 8. The first-order valence-corrected chi connectivity index (χ1v) is 11.1. The van der Waals surface area contributed by atoms with Crippen molar-refractivity contribution >= 4 is 23.0 Å². The number of hydrogen-bond donors (Lipinski definition) is 0. The molecule has 0 saturated carbocycles. The zero-order valence-electron chi connectivity index (χ0n) is 18.5. The van der Waals surface area contributed by atoms with Crippen LogP contribution in [0, 0.1) is 5.41 Å². The van der Waals surface area contributed by atoms with Crippen LogP contribution in [0.1, 0.15) is 56.9 Å². The maximum atomic E-state index is 13.6. The van der Waals surface area contributed by atoms with E-state index in [1.807, 2.05) is 30.3 Å². The molecule has 0 atom stereocenters. The number of carbonyl (C=O) groups is 3. The van der Waals surface area contributed by atoms with Crippen molar-refractivity contribution in [2.24, 2.45) is 5.41 Å². The Morgan fingerprint density at radius 2 is 1.28 bits per heavy atom. The molecular weight excluding hydrogens is 398 g/mol. The smallest absolute Gasteiger partial charge is 0.178 e. The van der Waals surface area contributed by atoms with Crippen molar-refractivity contribution in [3.05, 3.63) is 101 Å². The van der Waals surface area contributed by atoms with Crippen LogP contribution in [0.15, 0.2) is 78.9 Å². The number of carbonyl (C=O) groups excluding carboxylic acids is 3. The number of ketones is 3. The first-order chi connectivity index (χ1) is 15.5. The van der Waals surface area contributed by atoms with Gasteiger partial charge in [0.1, 0.15) is 5.41 Å². The largest absolute Gasteiger partial charge is 0.372 e. The molecule has 0 aromatic heterocycles. The minimum Gasteiger partial charge on any atom is -0.372 e. The fourth-order valence-corrected chi connectivity index (χ4v) is 4.64. The second-order valence-corrected chi connectivity index (χ2v) is 8.27. The van der Waals surface area contributed by atoms with Gasteiger partial charge in [-0.05, 0) is 38.0 Å². The summed E-state index contributed by atoms with van der Waals surface area (Å²) in [6, 6.07) is 23.7. The second-order valence-electron chi connectivity index (χ2n) is 8.27. The molecule has 4 heteroatoms. The van der Waals surface area contributed by atoms with Crippen LogP contribution in [0.5, 0.6) is 0 Å². The van der Waals surface area contributed by atoms with E-state index in [1.54, 1.807) is 48.5 Å². The zero-order valence-corrected chi connectivity index (χ0v) is 18.5. The summed E-state index contributed by atoms with van der Waals surface area (Å²) >= 11 is 0. The lowest BCUT2D eigenvalue weighted by Gasteiger charge is -2.26. The van der Waals surface area contributed by atoms with E-state index >= 15 is 0 Å². The second kappa shape index (κ2) is 8.91. The Balaban J connectivity index is 1.72. The highest BCUT2D eigenvalue weighted by molar-refractivity contribution is 6.31. The van der Waals surface area contributed by atoms with E-state index in [4.69, 9.17) is 0 Å². The molecule has 0 heterocycles. The third-order valence-corrected chi connectivity index (χ3v) is 6.41. The van der Waals surface area contributed by atoms with E-state index in [-0.39, 0.29) is 30.2 Å². The van der Waals surface area contributed by atoms with Gasteiger partial charge in [0.25, 0.3) is 0 Å². The molecule has 4 rings (SSSR count). The summed E-state index contributed by atoms with van der Waals surface area (Å²) in [5, 5.41) is 0. The minimum atomic E-state index is -1.41. The van der Waals surface area contributed by atoms with Gasteiger partial charge in [-0.1, -0.05) is 66.7 Å². The third-order valence-electron chi connectivity index (χ3n) is 6.41. The predicted octanol–water partition coefficient (Wildman–Crippen LogP) is 5.41. The molecule has 0 bridgehead atoms. The fourth-order valence-electron chi connectivity index (χ4n) is 4.64. The van der Waals surface area contributed by atoms with Crippen molar-refractivity contribution in [3.8, 4) is 0 Å². The van der Waals surface area contributed by atoms with Gasteiger partial charge in [0.2, 0.25) is 0 Å². The summed E-state index contributed by atoms with van der Waals surface area (Å²) in [5.41, 5.74) is 1.90. The van der Waals surface area contributed by atoms with Crippen molar-refractivity contribution in [2.75, 3.05) is 18.0 Å². The van der Waals surface area contributed by atoms with Crippen LogP contribution in [-0.4, -0.2) is 30.4 Å². The fraction of sp³-hybridized carbons (Fsp3) is 0.250. The first kappa shape index (κ1) is 21.7. The van der Waals surface area contributed by atoms with E-state index in [0.29, 0.717) is 16.7 Å². The number of anilines is 1. The normalized spacial score (nSPS) is 14.3. The topological polar surface area (TPSA) is 54.5 Å². The molecule has 0 spiro atoms. The quantitative estimate of drug-likeness (QED) is 0.357. The van der Waals surface area contributed by atoms with E-state index in [9.17, 15) is 14.4 Å². The Hall–Kier alpha value is -3.53. The molecule has 1 aliphatic rings. The molecule has 0 N–H and O–H groups in total. The number of fused-ring (bicyclic) bond motifs is 1. The molecule has 3 aromatic carbocycles. The average molecular weight is 426 g/mol. The summed E-state index contributed by atoms with van der Waals surface area (Å²) in [6.45, 7) is 6.01. The molecule has 32 heavy (non-hydrogen) atoms. The number of benzene rings is 3. The van der Waals surface area contributed by atoms with Crippen molar-refractivity contribution in [1.29, 1.82) is 0 Å². The van der Waals surface area contributed by atoms with Gasteiger partial charge < -0.3 is 4.90 Å². The molecule has 4 nitrogen and oxygen atoms in total. The maximum Gasteiger partial charge on any atom is 0.178 e. The van der Waals surface area contributed by atoms with Crippen LogP contribution >= 0.6 is 0 Å². The highest BCUT2D eigenvalue weighted by atomic mass is 16.2. The van der Waals surface area contributed by atoms with E-state index < -0.39 is 5.41 Å². The Labute approximate surface area is 188 Å². The first-order valence-electron chi connectivity index (χ1n) is 11.1. The Morgan fingerprint density at radius 3 is 1.81 bits per heavy atom. The van der Waals surface area contributed by atoms with Gasteiger partial charge in [-0.15, -0.1) is 0 Å². The minimum absolute atomic E-state index is 0.138. The van der Waals surface area contributed by atoms with Crippen LogP contribution < -0.4 is 4.90 Å². The van der Waals surface area contributed by atoms with E-state index in [0.717, 1.165) is 24.3 Å². The molecular formula is C28H27NO3. The summed E-state index contributed by atoms with van der Waals surface area (Å²) in [6.07, 6.45) is 0.0671. The molecule has 162 valence electrons. The molecule has 3 aromatic rings. The SMILES string of the molecule is CCN(CC)c1ccc(CC2(CC(=O)c3ccccc3)C(=O)c3ccccc3C2=O)cc1. The average Bonchev–Trinajstić information content (AvgIpc) is 3.03. The highest BCUT2D eigenvalue weighted by Gasteiger charge is 2.53. The molecule has 0 radical (unpaired) electrons. The number of Topliss-reactive ketones (excluding diaryl/α,β-unsaturated/α-hetero) is 3. The van der Waals surface area contributed by atoms with Gasteiger partial charge in [-0.3, -0.25) is 14.4 Å². The Kier molecular flexibility index (Phi) is 6.04. The summed E-state index contributed by atoms with van der Waals surface area (Å²) in [4.78, 5) is 42.6. The molecule has 0 amide bonds. The van der Waals surface area contributed by atoms with Crippen LogP contribution in [0.3, 0.4) is 0 Å². The Bertz CT molecular complexity index is 1110. The van der Waals surface area contributed by atoms with Crippen LogP contribution in [0.25, 0.3) is 0 Å². The van der Waals surface area contributed by atoms with Crippen LogP contribution in [0.2, 0.25) is 0 Å². The molecule has 0 fully saturated rings. The van der Waals surface area contributed by atoms with Crippen LogP contribution in [-0.2, 0) is 6.42 Å².